The first-order valence-electron chi connectivity index (χ1n) is 8.03. The zero-order chi connectivity index (χ0) is 16.3. The molecule has 22 heavy (non-hydrogen) atoms. The Balaban J connectivity index is 2.15. The highest BCUT2D eigenvalue weighted by atomic mass is 16.2. The Labute approximate surface area is 132 Å². The SMILES string of the molecule is CC(C)NC(=O)C1(C(=O)N(Cc2ccccc2)C(C)C)CC1. The summed E-state index contributed by atoms with van der Waals surface area (Å²) in [5, 5.41) is 2.90. The molecular formula is C18H26N2O2. The van der Waals surface area contributed by atoms with Crippen LogP contribution in [0.4, 0.5) is 0 Å². The van der Waals surface area contributed by atoms with E-state index in [4.69, 9.17) is 0 Å². The van der Waals surface area contributed by atoms with Gasteiger partial charge in [-0.15, -0.1) is 0 Å². The van der Waals surface area contributed by atoms with Gasteiger partial charge in [-0.1, -0.05) is 30.3 Å². The molecule has 1 saturated carbocycles. The molecule has 0 unspecified atom stereocenters. The van der Waals surface area contributed by atoms with Crippen molar-refractivity contribution in [3.05, 3.63) is 35.9 Å². The number of amides is 2. The molecule has 4 heteroatoms. The highest BCUT2D eigenvalue weighted by molar-refractivity contribution is 6.08. The van der Waals surface area contributed by atoms with E-state index in [0.29, 0.717) is 19.4 Å². The van der Waals surface area contributed by atoms with Crippen molar-refractivity contribution in [2.45, 2.75) is 59.2 Å². The topological polar surface area (TPSA) is 49.4 Å². The number of benzene rings is 1. The van der Waals surface area contributed by atoms with Crippen LogP contribution in [-0.4, -0.2) is 28.8 Å². The van der Waals surface area contributed by atoms with Crippen LogP contribution in [0.25, 0.3) is 0 Å². The molecule has 0 heterocycles. The van der Waals surface area contributed by atoms with Gasteiger partial charge < -0.3 is 10.2 Å². The van der Waals surface area contributed by atoms with Gasteiger partial charge in [-0.25, -0.2) is 0 Å². The summed E-state index contributed by atoms with van der Waals surface area (Å²) in [5.74, 6) is -0.157. The van der Waals surface area contributed by atoms with Gasteiger partial charge >= 0.3 is 0 Å². The molecule has 2 amide bonds. The van der Waals surface area contributed by atoms with Crippen LogP contribution in [0, 0.1) is 5.41 Å². The second kappa shape index (κ2) is 6.51. The van der Waals surface area contributed by atoms with Gasteiger partial charge in [-0.2, -0.15) is 0 Å². The third kappa shape index (κ3) is 3.49. The molecule has 4 nitrogen and oxygen atoms in total. The Morgan fingerprint density at radius 2 is 1.73 bits per heavy atom. The van der Waals surface area contributed by atoms with Gasteiger partial charge in [0, 0.05) is 18.6 Å². The van der Waals surface area contributed by atoms with Crippen LogP contribution in [0.1, 0.15) is 46.1 Å². The molecule has 1 aromatic carbocycles. The predicted octanol–water partition coefficient (Wildman–Crippen LogP) is 2.73. The van der Waals surface area contributed by atoms with E-state index in [1.807, 2.05) is 62.9 Å². The number of rotatable bonds is 6. The fraction of sp³-hybridized carbons (Fsp3) is 0.556. The Kier molecular flexibility index (Phi) is 4.89. The first-order chi connectivity index (χ1) is 10.4. The third-order valence-electron chi connectivity index (χ3n) is 4.09. The fourth-order valence-electron chi connectivity index (χ4n) is 2.61. The summed E-state index contributed by atoms with van der Waals surface area (Å²) in [6.07, 6.45) is 1.31. The molecule has 0 atom stereocenters. The lowest BCUT2D eigenvalue weighted by molar-refractivity contribution is -0.146. The number of nitrogens with zero attached hydrogens (tertiary/aromatic N) is 1. The van der Waals surface area contributed by atoms with E-state index in [-0.39, 0.29) is 23.9 Å². The number of hydrogen-bond acceptors (Lipinski definition) is 2. The van der Waals surface area contributed by atoms with E-state index in [1.165, 1.54) is 0 Å². The molecule has 1 aliphatic carbocycles. The fourth-order valence-corrected chi connectivity index (χ4v) is 2.61. The average Bonchev–Trinajstić information content (AvgIpc) is 3.26. The lowest BCUT2D eigenvalue weighted by atomic mass is 10.0. The van der Waals surface area contributed by atoms with Crippen molar-refractivity contribution in [1.82, 2.24) is 10.2 Å². The number of nitrogens with one attached hydrogen (secondary N) is 1. The van der Waals surface area contributed by atoms with Gasteiger partial charge in [-0.3, -0.25) is 9.59 Å². The summed E-state index contributed by atoms with van der Waals surface area (Å²) < 4.78 is 0. The summed E-state index contributed by atoms with van der Waals surface area (Å²) in [6, 6.07) is 10.0. The Morgan fingerprint density at radius 1 is 1.14 bits per heavy atom. The van der Waals surface area contributed by atoms with Gasteiger partial charge in [0.1, 0.15) is 5.41 Å². The first kappa shape index (κ1) is 16.5. The van der Waals surface area contributed by atoms with Crippen molar-refractivity contribution in [2.75, 3.05) is 0 Å². The smallest absolute Gasteiger partial charge is 0.238 e. The molecule has 0 saturated heterocycles. The average molecular weight is 302 g/mol. The molecule has 120 valence electrons. The van der Waals surface area contributed by atoms with E-state index in [2.05, 4.69) is 5.32 Å². The maximum Gasteiger partial charge on any atom is 0.238 e. The molecule has 1 aromatic rings. The lowest BCUT2D eigenvalue weighted by Crippen LogP contribution is -2.48. The highest BCUT2D eigenvalue weighted by Gasteiger charge is 2.58. The molecule has 1 aliphatic rings. The molecular weight excluding hydrogens is 276 g/mol. The van der Waals surface area contributed by atoms with E-state index in [0.717, 1.165) is 5.56 Å². The predicted molar refractivity (Wildman–Crippen MR) is 87.1 cm³/mol. The van der Waals surface area contributed by atoms with Gasteiger partial charge in [-0.05, 0) is 46.1 Å². The minimum atomic E-state index is -0.830. The molecule has 1 N–H and O–H groups in total. The number of carbonyl (C=O) groups excluding carboxylic acids is 2. The van der Waals surface area contributed by atoms with Gasteiger partial charge in [0.2, 0.25) is 11.8 Å². The number of hydrogen-bond donors (Lipinski definition) is 1. The molecule has 0 radical (unpaired) electrons. The maximum absolute atomic E-state index is 13.0. The van der Waals surface area contributed by atoms with Crippen molar-refractivity contribution in [1.29, 1.82) is 0 Å². The summed E-state index contributed by atoms with van der Waals surface area (Å²) >= 11 is 0. The molecule has 0 bridgehead atoms. The molecule has 0 aliphatic heterocycles. The quantitative estimate of drug-likeness (QED) is 0.821. The monoisotopic (exact) mass is 302 g/mol. The normalized spacial score (nSPS) is 15.7. The standard InChI is InChI=1S/C18H26N2O2/c1-13(2)19-16(21)18(10-11-18)17(22)20(14(3)4)12-15-8-6-5-7-9-15/h5-9,13-14H,10-12H2,1-4H3,(H,19,21). The van der Waals surface area contributed by atoms with Crippen molar-refractivity contribution < 1.29 is 9.59 Å². The number of carbonyl (C=O) groups is 2. The van der Waals surface area contributed by atoms with E-state index >= 15 is 0 Å². The minimum Gasteiger partial charge on any atom is -0.353 e. The second-order valence-electron chi connectivity index (χ2n) is 6.72. The van der Waals surface area contributed by atoms with Gasteiger partial charge in [0.25, 0.3) is 0 Å². The van der Waals surface area contributed by atoms with Crippen LogP contribution in [-0.2, 0) is 16.1 Å². The molecule has 0 spiro atoms. The van der Waals surface area contributed by atoms with Crippen molar-refractivity contribution in [3.8, 4) is 0 Å². The van der Waals surface area contributed by atoms with Crippen molar-refractivity contribution >= 4 is 11.8 Å². The van der Waals surface area contributed by atoms with Crippen LogP contribution >= 0.6 is 0 Å². The highest BCUT2D eigenvalue weighted by Crippen LogP contribution is 2.48. The van der Waals surface area contributed by atoms with E-state index < -0.39 is 5.41 Å². The maximum atomic E-state index is 13.0. The Bertz CT molecular complexity index is 533. The summed E-state index contributed by atoms with van der Waals surface area (Å²) in [7, 11) is 0. The van der Waals surface area contributed by atoms with Gasteiger partial charge in [0.15, 0.2) is 0 Å². The third-order valence-corrected chi connectivity index (χ3v) is 4.09. The first-order valence-corrected chi connectivity index (χ1v) is 8.03. The molecule has 1 fully saturated rings. The Hall–Kier alpha value is -1.84. The van der Waals surface area contributed by atoms with Crippen LogP contribution in [0.2, 0.25) is 0 Å². The van der Waals surface area contributed by atoms with Gasteiger partial charge in [0.05, 0.1) is 0 Å². The minimum absolute atomic E-state index is 0.0375. The molecule has 2 rings (SSSR count). The van der Waals surface area contributed by atoms with E-state index in [1.54, 1.807) is 0 Å². The summed E-state index contributed by atoms with van der Waals surface area (Å²) in [6.45, 7) is 8.38. The summed E-state index contributed by atoms with van der Waals surface area (Å²) in [4.78, 5) is 27.2. The largest absolute Gasteiger partial charge is 0.353 e. The summed E-state index contributed by atoms with van der Waals surface area (Å²) in [5.41, 5.74) is 0.258. The zero-order valence-electron chi connectivity index (χ0n) is 13.9. The van der Waals surface area contributed by atoms with E-state index in [9.17, 15) is 9.59 Å². The van der Waals surface area contributed by atoms with Crippen molar-refractivity contribution in [2.24, 2.45) is 5.41 Å². The van der Waals surface area contributed by atoms with Crippen LogP contribution in [0.5, 0.6) is 0 Å². The molecule has 0 aromatic heterocycles. The second-order valence-corrected chi connectivity index (χ2v) is 6.72. The van der Waals surface area contributed by atoms with Crippen molar-refractivity contribution in [3.63, 3.8) is 0 Å². The zero-order valence-corrected chi connectivity index (χ0v) is 13.9. The van der Waals surface area contributed by atoms with Crippen LogP contribution < -0.4 is 5.32 Å². The Morgan fingerprint density at radius 3 is 2.18 bits per heavy atom. The van der Waals surface area contributed by atoms with Crippen LogP contribution in [0.3, 0.4) is 0 Å². The lowest BCUT2D eigenvalue weighted by Gasteiger charge is -2.31. The van der Waals surface area contributed by atoms with Crippen LogP contribution in [0.15, 0.2) is 30.3 Å².